The van der Waals surface area contributed by atoms with Gasteiger partial charge in [0.25, 0.3) is 0 Å². The smallest absolute Gasteiger partial charge is 0.143 e. The van der Waals surface area contributed by atoms with Crippen LogP contribution in [0, 0.1) is 0 Å². The fraction of sp³-hybridized carbons (Fsp3) is 0. The highest BCUT2D eigenvalue weighted by Gasteiger charge is 2.21. The van der Waals surface area contributed by atoms with E-state index in [9.17, 15) is 0 Å². The summed E-state index contributed by atoms with van der Waals surface area (Å²) in [5, 5.41) is 4.80. The first kappa shape index (κ1) is 23.0. The molecule has 0 atom stereocenters. The van der Waals surface area contributed by atoms with Gasteiger partial charge in [-0.1, -0.05) is 121 Å². The molecule has 8 rings (SSSR count). The summed E-state index contributed by atoms with van der Waals surface area (Å²) in [4.78, 5) is 0. The van der Waals surface area contributed by atoms with Crippen LogP contribution in [0.15, 0.2) is 150 Å². The van der Waals surface area contributed by atoms with Gasteiger partial charge in [0.15, 0.2) is 0 Å². The third kappa shape index (κ3) is 3.77. The van der Waals surface area contributed by atoms with Crippen LogP contribution in [-0.4, -0.2) is 0 Å². The van der Waals surface area contributed by atoms with Crippen molar-refractivity contribution < 1.29 is 4.42 Å². The van der Waals surface area contributed by atoms with Crippen LogP contribution < -0.4 is 0 Å². The van der Waals surface area contributed by atoms with Gasteiger partial charge in [-0.25, -0.2) is 0 Å². The zero-order valence-corrected chi connectivity index (χ0v) is 22.5. The molecule has 40 heavy (non-hydrogen) atoms. The van der Waals surface area contributed by atoms with Crippen molar-refractivity contribution in [2.75, 3.05) is 0 Å². The average Bonchev–Trinajstić information content (AvgIpc) is 3.60. The summed E-state index contributed by atoms with van der Waals surface area (Å²) in [6.45, 7) is 0. The normalized spacial score (nSPS) is 11.5. The van der Waals surface area contributed by atoms with Crippen molar-refractivity contribution in [2.24, 2.45) is 0 Å². The molecule has 2 aromatic heterocycles. The Bertz CT molecular complexity index is 2150. The lowest BCUT2D eigenvalue weighted by Crippen LogP contribution is -1.85. The molecule has 0 unspecified atom stereocenters. The van der Waals surface area contributed by atoms with Crippen molar-refractivity contribution in [3.05, 3.63) is 146 Å². The summed E-state index contributed by atoms with van der Waals surface area (Å²) >= 11 is 1.85. The average molecular weight is 529 g/mol. The van der Waals surface area contributed by atoms with Gasteiger partial charge in [0, 0.05) is 42.1 Å². The molecular formula is C38H24OS. The van der Waals surface area contributed by atoms with E-state index in [-0.39, 0.29) is 0 Å². The first-order valence-electron chi connectivity index (χ1n) is 13.5. The van der Waals surface area contributed by atoms with E-state index in [4.69, 9.17) is 4.42 Å². The maximum Gasteiger partial charge on any atom is 0.143 e. The van der Waals surface area contributed by atoms with Gasteiger partial charge >= 0.3 is 0 Å². The summed E-state index contributed by atoms with van der Waals surface area (Å²) in [6, 6.07) is 51.8. The minimum atomic E-state index is 0.901. The van der Waals surface area contributed by atoms with Crippen molar-refractivity contribution in [3.8, 4) is 44.9 Å². The number of hydrogen-bond donors (Lipinski definition) is 0. The molecule has 0 aliphatic heterocycles. The quantitative estimate of drug-likeness (QED) is 0.221. The third-order valence-electron chi connectivity index (χ3n) is 7.70. The molecule has 0 aliphatic rings. The zero-order valence-electron chi connectivity index (χ0n) is 21.7. The van der Waals surface area contributed by atoms with Crippen LogP contribution in [0.1, 0.15) is 0 Å². The van der Waals surface area contributed by atoms with Crippen molar-refractivity contribution in [3.63, 3.8) is 0 Å². The second-order valence-electron chi connectivity index (χ2n) is 10.1. The lowest BCUT2D eigenvalue weighted by molar-refractivity contribution is 0.602. The van der Waals surface area contributed by atoms with Crippen LogP contribution in [0.25, 0.3) is 75.8 Å². The Kier molecular flexibility index (Phi) is 5.39. The summed E-state index contributed by atoms with van der Waals surface area (Å²) in [6.07, 6.45) is 0. The lowest BCUT2D eigenvalue weighted by atomic mass is 9.94. The first-order valence-corrected chi connectivity index (χ1v) is 14.3. The molecule has 0 saturated carbocycles. The maximum absolute atomic E-state index is 6.93. The van der Waals surface area contributed by atoms with E-state index >= 15 is 0 Å². The zero-order chi connectivity index (χ0) is 26.5. The minimum absolute atomic E-state index is 0.901. The highest BCUT2D eigenvalue weighted by atomic mass is 32.1. The fourth-order valence-corrected chi connectivity index (χ4v) is 6.92. The largest absolute Gasteiger partial charge is 0.455 e. The van der Waals surface area contributed by atoms with Gasteiger partial charge in [0.05, 0.1) is 0 Å². The van der Waals surface area contributed by atoms with Crippen molar-refractivity contribution in [1.29, 1.82) is 0 Å². The van der Waals surface area contributed by atoms with Gasteiger partial charge in [-0.05, 0) is 46.5 Å². The molecule has 0 spiro atoms. The molecular weight excluding hydrogens is 504 g/mol. The van der Waals surface area contributed by atoms with E-state index in [1.54, 1.807) is 0 Å². The highest BCUT2D eigenvalue weighted by Crippen LogP contribution is 2.46. The SMILES string of the molecule is c1ccc(-c2cccc(-c3oc(-c4cc5c(cc4-c4ccccc4)sc4ccccc45)c4ccccc34)c2)cc1. The molecule has 0 amide bonds. The van der Waals surface area contributed by atoms with Crippen molar-refractivity contribution >= 4 is 42.3 Å². The van der Waals surface area contributed by atoms with E-state index < -0.39 is 0 Å². The van der Waals surface area contributed by atoms with Crippen LogP contribution in [0.5, 0.6) is 0 Å². The van der Waals surface area contributed by atoms with Gasteiger partial charge in [0.2, 0.25) is 0 Å². The summed E-state index contributed by atoms with van der Waals surface area (Å²) in [5.74, 6) is 1.81. The van der Waals surface area contributed by atoms with E-state index in [1.165, 1.54) is 42.4 Å². The molecule has 8 aromatic rings. The Balaban J connectivity index is 1.40. The summed E-state index contributed by atoms with van der Waals surface area (Å²) in [5.41, 5.74) is 6.93. The number of rotatable bonds is 4. The number of benzene rings is 6. The molecule has 0 saturated heterocycles. The molecule has 188 valence electrons. The Hall–Kier alpha value is -4.92. The molecule has 6 aromatic carbocycles. The van der Waals surface area contributed by atoms with Gasteiger partial charge in [-0.2, -0.15) is 0 Å². The number of thiophene rings is 1. The highest BCUT2D eigenvalue weighted by molar-refractivity contribution is 7.25. The summed E-state index contributed by atoms with van der Waals surface area (Å²) in [7, 11) is 0. The molecule has 1 nitrogen and oxygen atoms in total. The molecule has 0 N–H and O–H groups in total. The Morgan fingerprint density at radius 2 is 0.950 bits per heavy atom. The van der Waals surface area contributed by atoms with Crippen LogP contribution in [0.3, 0.4) is 0 Å². The molecule has 0 aliphatic carbocycles. The van der Waals surface area contributed by atoms with Gasteiger partial charge in [0.1, 0.15) is 11.5 Å². The van der Waals surface area contributed by atoms with E-state index in [0.29, 0.717) is 0 Å². The van der Waals surface area contributed by atoms with Crippen LogP contribution in [0.4, 0.5) is 0 Å². The predicted octanol–water partition coefficient (Wildman–Crippen LogP) is 11.5. The summed E-state index contributed by atoms with van der Waals surface area (Å²) < 4.78 is 9.52. The van der Waals surface area contributed by atoms with Crippen molar-refractivity contribution in [1.82, 2.24) is 0 Å². The van der Waals surface area contributed by atoms with Crippen LogP contribution in [-0.2, 0) is 0 Å². The molecule has 0 fully saturated rings. The second-order valence-corrected chi connectivity index (χ2v) is 11.2. The molecule has 0 bridgehead atoms. The Labute approximate surface area is 236 Å². The van der Waals surface area contributed by atoms with E-state index in [2.05, 4.69) is 146 Å². The van der Waals surface area contributed by atoms with Gasteiger partial charge in [-0.3, -0.25) is 0 Å². The van der Waals surface area contributed by atoms with Gasteiger partial charge < -0.3 is 4.42 Å². The standard InChI is InChI=1S/C38H24OS/c1-3-12-25(13-4-1)27-16-11-17-28(22-27)37-30-19-7-8-20-31(30)38(39-37)34-23-33-29-18-9-10-21-35(29)40-36(33)24-32(34)26-14-5-2-6-15-26/h1-24H. The third-order valence-corrected chi connectivity index (χ3v) is 8.83. The van der Waals surface area contributed by atoms with Crippen LogP contribution in [0.2, 0.25) is 0 Å². The molecule has 0 radical (unpaired) electrons. The Morgan fingerprint density at radius 1 is 0.350 bits per heavy atom. The Morgan fingerprint density at radius 3 is 1.73 bits per heavy atom. The van der Waals surface area contributed by atoms with Crippen LogP contribution >= 0.6 is 11.3 Å². The number of fused-ring (bicyclic) bond motifs is 4. The van der Waals surface area contributed by atoms with Gasteiger partial charge in [-0.15, -0.1) is 11.3 Å². The number of furan rings is 1. The molecule has 2 heteroatoms. The monoisotopic (exact) mass is 528 g/mol. The van der Waals surface area contributed by atoms with E-state index in [0.717, 1.165) is 33.4 Å². The second kappa shape index (κ2) is 9.37. The minimum Gasteiger partial charge on any atom is -0.455 e. The number of hydrogen-bond acceptors (Lipinski definition) is 2. The topological polar surface area (TPSA) is 13.1 Å². The predicted molar refractivity (Wildman–Crippen MR) is 171 cm³/mol. The fourth-order valence-electron chi connectivity index (χ4n) is 5.79. The first-order chi connectivity index (χ1) is 19.8. The molecule has 2 heterocycles. The maximum atomic E-state index is 6.93. The lowest BCUT2D eigenvalue weighted by Gasteiger charge is -2.10. The van der Waals surface area contributed by atoms with Crippen molar-refractivity contribution in [2.45, 2.75) is 0 Å². The van der Waals surface area contributed by atoms with E-state index in [1.807, 2.05) is 11.3 Å².